The quantitative estimate of drug-likeness (QED) is 0.465. The van der Waals surface area contributed by atoms with Gasteiger partial charge in [-0.3, -0.25) is 25.2 Å². The zero-order valence-electron chi connectivity index (χ0n) is 17.6. The summed E-state index contributed by atoms with van der Waals surface area (Å²) in [7, 11) is 0. The van der Waals surface area contributed by atoms with Crippen LogP contribution in [-0.2, 0) is 0 Å². The molecule has 0 aliphatic rings. The van der Waals surface area contributed by atoms with Crippen molar-refractivity contribution < 1.29 is 28.3 Å². The molecule has 0 aliphatic carbocycles. The number of hydrazine groups is 1. The van der Waals surface area contributed by atoms with E-state index in [4.69, 9.17) is 13.9 Å². The van der Waals surface area contributed by atoms with Crippen LogP contribution in [0.2, 0.25) is 0 Å². The highest BCUT2D eigenvalue weighted by Gasteiger charge is 2.14. The Balaban J connectivity index is 1.62. The zero-order valence-corrected chi connectivity index (χ0v) is 17.6. The molecule has 0 atom stereocenters. The van der Waals surface area contributed by atoms with Crippen LogP contribution in [-0.4, -0.2) is 30.9 Å². The molecule has 1 heterocycles. The number of furan rings is 1. The van der Waals surface area contributed by atoms with E-state index < -0.39 is 17.7 Å². The number of carbonyl (C=O) groups excluding carboxylic acids is 3. The highest BCUT2D eigenvalue weighted by molar-refractivity contribution is 6.04. The molecule has 0 radical (unpaired) electrons. The molecule has 1 aromatic heterocycles. The Bertz CT molecular complexity index is 1090. The van der Waals surface area contributed by atoms with Gasteiger partial charge in [0.25, 0.3) is 17.7 Å². The second-order valence-corrected chi connectivity index (χ2v) is 6.45. The van der Waals surface area contributed by atoms with Crippen molar-refractivity contribution in [2.24, 2.45) is 0 Å². The molecule has 0 spiro atoms. The molecule has 0 fully saturated rings. The predicted octanol–water partition coefficient (Wildman–Crippen LogP) is 3.40. The molecule has 0 saturated heterocycles. The summed E-state index contributed by atoms with van der Waals surface area (Å²) in [5.74, 6) is -0.403. The van der Waals surface area contributed by atoms with Crippen LogP contribution >= 0.6 is 0 Å². The van der Waals surface area contributed by atoms with Gasteiger partial charge in [-0.05, 0) is 62.4 Å². The lowest BCUT2D eigenvalue weighted by Gasteiger charge is -2.13. The lowest BCUT2D eigenvalue weighted by molar-refractivity contribution is 0.0846. The molecule has 3 N–H and O–H groups in total. The number of benzene rings is 2. The van der Waals surface area contributed by atoms with Crippen LogP contribution in [0.1, 0.15) is 45.1 Å². The van der Waals surface area contributed by atoms with E-state index in [2.05, 4.69) is 16.2 Å². The zero-order chi connectivity index (χ0) is 22.9. The third-order valence-electron chi connectivity index (χ3n) is 4.22. The molecular weight excluding hydrogens is 414 g/mol. The van der Waals surface area contributed by atoms with Gasteiger partial charge in [0.15, 0.2) is 17.3 Å². The molecule has 3 aromatic rings. The first kappa shape index (κ1) is 22.4. The second kappa shape index (κ2) is 10.7. The summed E-state index contributed by atoms with van der Waals surface area (Å²) in [4.78, 5) is 37.0. The van der Waals surface area contributed by atoms with Crippen molar-refractivity contribution >= 4 is 23.4 Å². The van der Waals surface area contributed by atoms with Crippen LogP contribution in [0.3, 0.4) is 0 Å². The summed E-state index contributed by atoms with van der Waals surface area (Å²) in [6.07, 6.45) is 1.39. The van der Waals surface area contributed by atoms with E-state index in [1.807, 2.05) is 13.8 Å². The Morgan fingerprint density at radius 2 is 1.47 bits per heavy atom. The van der Waals surface area contributed by atoms with Crippen LogP contribution in [0.5, 0.6) is 11.5 Å². The summed E-state index contributed by atoms with van der Waals surface area (Å²) in [6.45, 7) is 4.55. The van der Waals surface area contributed by atoms with Crippen molar-refractivity contribution in [2.45, 2.75) is 13.8 Å². The van der Waals surface area contributed by atoms with Gasteiger partial charge in [0.2, 0.25) is 0 Å². The maximum Gasteiger partial charge on any atom is 0.291 e. The van der Waals surface area contributed by atoms with Crippen LogP contribution in [0.4, 0.5) is 5.69 Å². The van der Waals surface area contributed by atoms with Crippen LogP contribution in [0.15, 0.2) is 65.3 Å². The van der Waals surface area contributed by atoms with Gasteiger partial charge in [0.05, 0.1) is 19.5 Å². The third kappa shape index (κ3) is 5.66. The fourth-order valence-electron chi connectivity index (χ4n) is 2.79. The van der Waals surface area contributed by atoms with Crippen molar-refractivity contribution in [3.05, 3.63) is 77.7 Å². The molecule has 0 saturated carbocycles. The number of ether oxygens (including phenoxy) is 2. The summed E-state index contributed by atoms with van der Waals surface area (Å²) < 4.78 is 16.0. The van der Waals surface area contributed by atoms with E-state index in [1.165, 1.54) is 18.4 Å². The fraction of sp³-hybridized carbons (Fsp3) is 0.174. The summed E-state index contributed by atoms with van der Waals surface area (Å²) in [5.41, 5.74) is 5.65. The minimum atomic E-state index is -0.552. The standard InChI is InChI=1S/C23H23N3O6/c1-3-30-18-11-10-16(14-20(18)31-4-2)22(28)26-25-21(27)15-7-5-8-17(13-15)24-23(29)19-9-6-12-32-19/h5-14H,3-4H2,1-2H3,(H,24,29)(H,25,27)(H,26,28). The molecule has 0 aliphatic heterocycles. The summed E-state index contributed by atoms with van der Waals surface area (Å²) >= 11 is 0. The molecule has 166 valence electrons. The van der Waals surface area contributed by atoms with Crippen LogP contribution in [0.25, 0.3) is 0 Å². The number of nitrogens with one attached hydrogen (secondary N) is 3. The second-order valence-electron chi connectivity index (χ2n) is 6.45. The van der Waals surface area contributed by atoms with Crippen molar-refractivity contribution in [3.8, 4) is 11.5 Å². The SMILES string of the molecule is CCOc1ccc(C(=O)NNC(=O)c2cccc(NC(=O)c3ccco3)c2)cc1OCC. The minimum Gasteiger partial charge on any atom is -0.490 e. The van der Waals surface area contributed by atoms with Gasteiger partial charge in [0.1, 0.15) is 0 Å². The van der Waals surface area contributed by atoms with E-state index in [0.717, 1.165) is 0 Å². The monoisotopic (exact) mass is 437 g/mol. The first-order valence-electron chi connectivity index (χ1n) is 9.97. The van der Waals surface area contributed by atoms with Gasteiger partial charge >= 0.3 is 0 Å². The Kier molecular flexibility index (Phi) is 7.47. The van der Waals surface area contributed by atoms with Crippen molar-refractivity contribution in [1.82, 2.24) is 10.9 Å². The number of rotatable bonds is 8. The van der Waals surface area contributed by atoms with Gasteiger partial charge in [-0.1, -0.05) is 6.07 Å². The van der Waals surface area contributed by atoms with Gasteiger partial charge in [-0.25, -0.2) is 0 Å². The highest BCUT2D eigenvalue weighted by atomic mass is 16.5. The van der Waals surface area contributed by atoms with Gasteiger partial charge in [-0.2, -0.15) is 0 Å². The average Bonchev–Trinajstić information content (AvgIpc) is 3.34. The molecule has 0 bridgehead atoms. The fourth-order valence-corrected chi connectivity index (χ4v) is 2.79. The van der Waals surface area contributed by atoms with E-state index in [-0.39, 0.29) is 16.9 Å². The Labute approximate surface area is 184 Å². The topological polar surface area (TPSA) is 119 Å². The van der Waals surface area contributed by atoms with E-state index in [1.54, 1.807) is 42.5 Å². The Morgan fingerprint density at radius 1 is 0.781 bits per heavy atom. The van der Waals surface area contributed by atoms with Crippen LogP contribution in [0, 0.1) is 0 Å². The van der Waals surface area contributed by atoms with Crippen LogP contribution < -0.4 is 25.6 Å². The Morgan fingerprint density at radius 3 is 2.12 bits per heavy atom. The highest BCUT2D eigenvalue weighted by Crippen LogP contribution is 2.28. The predicted molar refractivity (Wildman–Crippen MR) is 117 cm³/mol. The number of anilines is 1. The number of amides is 3. The minimum absolute atomic E-state index is 0.147. The van der Waals surface area contributed by atoms with E-state index in [9.17, 15) is 14.4 Å². The summed E-state index contributed by atoms with van der Waals surface area (Å²) in [6, 6.07) is 14.1. The smallest absolute Gasteiger partial charge is 0.291 e. The normalized spacial score (nSPS) is 10.2. The lowest BCUT2D eigenvalue weighted by atomic mass is 10.2. The number of hydrogen-bond donors (Lipinski definition) is 3. The largest absolute Gasteiger partial charge is 0.490 e. The maximum atomic E-state index is 12.5. The Hall–Kier alpha value is -4.27. The molecule has 2 aromatic carbocycles. The number of carbonyl (C=O) groups is 3. The van der Waals surface area contributed by atoms with Gasteiger partial charge in [-0.15, -0.1) is 0 Å². The first-order chi connectivity index (χ1) is 15.5. The summed E-state index contributed by atoms with van der Waals surface area (Å²) in [5, 5.41) is 2.64. The van der Waals surface area contributed by atoms with Gasteiger partial charge < -0.3 is 19.2 Å². The molecule has 32 heavy (non-hydrogen) atoms. The van der Waals surface area contributed by atoms with Crippen molar-refractivity contribution in [1.29, 1.82) is 0 Å². The molecule has 0 unspecified atom stereocenters. The molecule has 3 amide bonds. The average molecular weight is 437 g/mol. The van der Waals surface area contributed by atoms with E-state index in [0.29, 0.717) is 30.4 Å². The third-order valence-corrected chi connectivity index (χ3v) is 4.22. The molecule has 9 nitrogen and oxygen atoms in total. The van der Waals surface area contributed by atoms with Crippen molar-refractivity contribution in [3.63, 3.8) is 0 Å². The lowest BCUT2D eigenvalue weighted by Crippen LogP contribution is -2.41. The first-order valence-corrected chi connectivity index (χ1v) is 9.97. The van der Waals surface area contributed by atoms with Crippen molar-refractivity contribution in [2.75, 3.05) is 18.5 Å². The molecule has 3 rings (SSSR count). The van der Waals surface area contributed by atoms with Gasteiger partial charge in [0, 0.05) is 16.8 Å². The number of hydrogen-bond acceptors (Lipinski definition) is 6. The van der Waals surface area contributed by atoms with E-state index >= 15 is 0 Å². The molecule has 9 heteroatoms. The molecular formula is C23H23N3O6. The maximum absolute atomic E-state index is 12.5.